The maximum Gasteiger partial charge on any atom is 0.343 e. The maximum absolute atomic E-state index is 11.8. The van der Waals surface area contributed by atoms with Crippen LogP contribution < -0.4 is 14.8 Å². The standard InChI is InChI=1S/C18H19NO5S2/c1-4-23-14-9-12(7-8-13(14)24-10-15(20)22-3)6-5-11(2)16-17(21)19-18(25)26-16/h5-9H,4,10H2,1-3H3,(H,19,21,25). The first-order valence-electron chi connectivity index (χ1n) is 7.83. The molecule has 8 heteroatoms. The van der Waals surface area contributed by atoms with Gasteiger partial charge in [0.05, 0.1) is 18.6 Å². The van der Waals surface area contributed by atoms with Gasteiger partial charge in [-0.05, 0) is 37.1 Å². The van der Waals surface area contributed by atoms with Crippen molar-refractivity contribution in [1.82, 2.24) is 5.32 Å². The van der Waals surface area contributed by atoms with E-state index in [1.54, 1.807) is 12.1 Å². The molecule has 2 rings (SSSR count). The van der Waals surface area contributed by atoms with Gasteiger partial charge in [-0.15, -0.1) is 0 Å². The summed E-state index contributed by atoms with van der Waals surface area (Å²) in [5.74, 6) is 0.339. The number of hydrogen-bond acceptors (Lipinski definition) is 7. The van der Waals surface area contributed by atoms with Crippen molar-refractivity contribution in [2.75, 3.05) is 20.3 Å². The van der Waals surface area contributed by atoms with Crippen molar-refractivity contribution in [1.29, 1.82) is 0 Å². The van der Waals surface area contributed by atoms with Crippen molar-refractivity contribution in [3.8, 4) is 11.5 Å². The maximum atomic E-state index is 11.8. The van der Waals surface area contributed by atoms with Gasteiger partial charge in [0.1, 0.15) is 4.32 Å². The molecule has 0 atom stereocenters. The second-order valence-electron chi connectivity index (χ2n) is 5.19. The van der Waals surface area contributed by atoms with Crippen molar-refractivity contribution in [3.05, 3.63) is 40.3 Å². The molecule has 138 valence electrons. The van der Waals surface area contributed by atoms with Crippen LogP contribution in [0.4, 0.5) is 0 Å². The molecule has 1 saturated heterocycles. The highest BCUT2D eigenvalue weighted by molar-refractivity contribution is 8.26. The van der Waals surface area contributed by atoms with E-state index in [2.05, 4.69) is 10.1 Å². The zero-order valence-electron chi connectivity index (χ0n) is 14.7. The highest BCUT2D eigenvalue weighted by Crippen LogP contribution is 2.30. The van der Waals surface area contributed by atoms with Crippen LogP contribution in [0.2, 0.25) is 0 Å². The summed E-state index contributed by atoms with van der Waals surface area (Å²) in [6.45, 7) is 3.98. The number of esters is 1. The van der Waals surface area contributed by atoms with E-state index in [1.165, 1.54) is 18.9 Å². The smallest absolute Gasteiger partial charge is 0.343 e. The second-order valence-corrected chi connectivity index (χ2v) is 6.88. The van der Waals surface area contributed by atoms with Gasteiger partial charge in [-0.3, -0.25) is 4.79 Å². The van der Waals surface area contributed by atoms with Crippen LogP contribution in [0, 0.1) is 0 Å². The number of allylic oxidation sites excluding steroid dienone is 2. The molecule has 1 aliphatic heterocycles. The molecule has 1 aliphatic rings. The van der Waals surface area contributed by atoms with E-state index in [4.69, 9.17) is 21.7 Å². The van der Waals surface area contributed by atoms with E-state index in [1.807, 2.05) is 32.1 Å². The van der Waals surface area contributed by atoms with Gasteiger partial charge in [-0.1, -0.05) is 42.2 Å². The molecule has 1 aromatic rings. The number of nitrogens with one attached hydrogen (secondary N) is 1. The predicted molar refractivity (Wildman–Crippen MR) is 105 cm³/mol. The van der Waals surface area contributed by atoms with Gasteiger partial charge in [0.25, 0.3) is 5.91 Å². The Bertz CT molecular complexity index is 786. The molecule has 0 radical (unpaired) electrons. The molecule has 0 spiro atoms. The molecule has 1 amide bonds. The Morgan fingerprint density at radius 1 is 1.31 bits per heavy atom. The summed E-state index contributed by atoms with van der Waals surface area (Å²) in [4.78, 5) is 23.6. The largest absolute Gasteiger partial charge is 0.490 e. The summed E-state index contributed by atoms with van der Waals surface area (Å²) in [6, 6.07) is 5.36. The van der Waals surface area contributed by atoms with Crippen LogP contribution in [0.3, 0.4) is 0 Å². The van der Waals surface area contributed by atoms with E-state index >= 15 is 0 Å². The number of rotatable bonds is 7. The predicted octanol–water partition coefficient (Wildman–Crippen LogP) is 3.07. The minimum atomic E-state index is -0.469. The molecule has 0 aromatic heterocycles. The third-order valence-electron chi connectivity index (χ3n) is 3.34. The van der Waals surface area contributed by atoms with Crippen molar-refractivity contribution in [2.45, 2.75) is 13.8 Å². The highest BCUT2D eigenvalue weighted by atomic mass is 32.2. The van der Waals surface area contributed by atoms with Crippen LogP contribution in [-0.2, 0) is 14.3 Å². The SMILES string of the molecule is CCOc1cc(C=CC(C)=C2SC(=S)NC2=O)ccc1OCC(=O)OC. The third kappa shape index (κ3) is 5.34. The van der Waals surface area contributed by atoms with Crippen LogP contribution in [0.1, 0.15) is 19.4 Å². The molecule has 6 nitrogen and oxygen atoms in total. The van der Waals surface area contributed by atoms with Crippen LogP contribution in [0.25, 0.3) is 6.08 Å². The highest BCUT2D eigenvalue weighted by Gasteiger charge is 2.23. The summed E-state index contributed by atoms with van der Waals surface area (Å²) < 4.78 is 16.0. The van der Waals surface area contributed by atoms with Gasteiger partial charge >= 0.3 is 5.97 Å². The van der Waals surface area contributed by atoms with Gasteiger partial charge in [-0.25, -0.2) is 4.79 Å². The molecule has 1 fully saturated rings. The Hall–Kier alpha value is -2.32. The summed E-state index contributed by atoms with van der Waals surface area (Å²) in [5.41, 5.74) is 1.68. The van der Waals surface area contributed by atoms with Crippen molar-refractivity contribution >= 4 is 46.3 Å². The Kier molecular flexibility index (Phi) is 7.23. The van der Waals surface area contributed by atoms with Gasteiger partial charge in [0.2, 0.25) is 0 Å². The summed E-state index contributed by atoms with van der Waals surface area (Å²) >= 11 is 6.24. The van der Waals surface area contributed by atoms with Crippen molar-refractivity contribution in [2.24, 2.45) is 0 Å². The Morgan fingerprint density at radius 3 is 2.69 bits per heavy atom. The molecule has 0 aliphatic carbocycles. The number of thiocarbonyl (C=S) groups is 1. The quantitative estimate of drug-likeness (QED) is 0.433. The molecular weight excluding hydrogens is 374 g/mol. The van der Waals surface area contributed by atoms with Crippen molar-refractivity contribution in [3.63, 3.8) is 0 Å². The number of thioether (sulfide) groups is 1. The number of carbonyl (C=O) groups is 2. The average molecular weight is 393 g/mol. The van der Waals surface area contributed by atoms with E-state index in [0.717, 1.165) is 11.1 Å². The first-order valence-corrected chi connectivity index (χ1v) is 9.05. The minimum Gasteiger partial charge on any atom is -0.490 e. The zero-order chi connectivity index (χ0) is 19.1. The van der Waals surface area contributed by atoms with Gasteiger partial charge < -0.3 is 19.5 Å². The fraction of sp³-hybridized carbons (Fsp3) is 0.278. The topological polar surface area (TPSA) is 73.9 Å². The van der Waals surface area contributed by atoms with Gasteiger partial charge in [0.15, 0.2) is 18.1 Å². The summed E-state index contributed by atoms with van der Waals surface area (Å²) in [7, 11) is 1.30. The second kappa shape index (κ2) is 9.40. The van der Waals surface area contributed by atoms with Gasteiger partial charge in [-0.2, -0.15) is 0 Å². The fourth-order valence-electron chi connectivity index (χ4n) is 2.08. The lowest BCUT2D eigenvalue weighted by atomic mass is 10.1. The normalized spacial score (nSPS) is 15.8. The van der Waals surface area contributed by atoms with Gasteiger partial charge in [0, 0.05) is 0 Å². The van der Waals surface area contributed by atoms with Crippen LogP contribution in [-0.4, -0.2) is 36.5 Å². The number of ether oxygens (including phenoxy) is 3. The van der Waals surface area contributed by atoms with E-state index in [-0.39, 0.29) is 12.5 Å². The zero-order valence-corrected chi connectivity index (χ0v) is 16.3. The van der Waals surface area contributed by atoms with E-state index in [0.29, 0.717) is 27.3 Å². The van der Waals surface area contributed by atoms with E-state index in [9.17, 15) is 9.59 Å². The molecule has 26 heavy (non-hydrogen) atoms. The number of methoxy groups -OCH3 is 1. The lowest BCUT2D eigenvalue weighted by Crippen LogP contribution is -2.18. The number of carbonyl (C=O) groups excluding carboxylic acids is 2. The Morgan fingerprint density at radius 2 is 2.08 bits per heavy atom. The summed E-state index contributed by atoms with van der Waals surface area (Å²) in [5, 5.41) is 2.60. The number of hydrogen-bond donors (Lipinski definition) is 1. The van der Waals surface area contributed by atoms with Crippen LogP contribution in [0.15, 0.2) is 34.8 Å². The first kappa shape index (κ1) is 20.0. The number of benzene rings is 1. The van der Waals surface area contributed by atoms with Crippen molar-refractivity contribution < 1.29 is 23.8 Å². The lowest BCUT2D eigenvalue weighted by Gasteiger charge is -2.12. The molecule has 1 aromatic carbocycles. The molecule has 0 saturated carbocycles. The molecule has 0 bridgehead atoms. The van der Waals surface area contributed by atoms with E-state index < -0.39 is 5.97 Å². The Labute approximate surface area is 161 Å². The van der Waals surface area contributed by atoms with Crippen LogP contribution in [0.5, 0.6) is 11.5 Å². The average Bonchev–Trinajstić information content (AvgIpc) is 2.97. The monoisotopic (exact) mass is 393 g/mol. The summed E-state index contributed by atoms with van der Waals surface area (Å²) in [6.07, 6.45) is 3.71. The molecule has 0 unspecified atom stereocenters. The molecular formula is C18H19NO5S2. The minimum absolute atomic E-state index is 0.177. The fourth-order valence-corrected chi connectivity index (χ4v) is 3.13. The first-order chi connectivity index (χ1) is 12.4. The molecule has 1 N–H and O–H groups in total. The molecule has 1 heterocycles. The third-order valence-corrected chi connectivity index (χ3v) is 4.69. The lowest BCUT2D eigenvalue weighted by molar-refractivity contribution is -0.142. The van der Waals surface area contributed by atoms with Crippen LogP contribution >= 0.6 is 24.0 Å². The number of amides is 1. The Balaban J connectivity index is 2.18.